The molecule has 1 saturated heterocycles. The van der Waals surface area contributed by atoms with Crippen molar-refractivity contribution < 1.29 is 22.6 Å². The zero-order valence-electron chi connectivity index (χ0n) is 14.8. The maximum atomic E-state index is 11.8. The highest BCUT2D eigenvalue weighted by Crippen LogP contribution is 2.64. The van der Waals surface area contributed by atoms with Crippen LogP contribution in [0, 0.1) is 16.7 Å². The van der Waals surface area contributed by atoms with E-state index < -0.39 is 21.3 Å². The summed E-state index contributed by atoms with van der Waals surface area (Å²) in [6.45, 7) is 5.53. The molecule has 2 atom stereocenters. The number of fused-ring (bicyclic) bond motifs is 2. The topological polar surface area (TPSA) is 91.3 Å². The van der Waals surface area contributed by atoms with E-state index in [9.17, 15) is 22.6 Å². The summed E-state index contributed by atoms with van der Waals surface area (Å²) in [7, 11) is -3.83. The first-order chi connectivity index (χ1) is 11.0. The third kappa shape index (κ3) is 4.05. The zero-order chi connectivity index (χ0) is 18.2. The minimum Gasteiger partial charge on any atom is -0.748 e. The Balaban J connectivity index is 0.000000198. The van der Waals surface area contributed by atoms with Crippen molar-refractivity contribution in [2.45, 2.75) is 52.9 Å². The minimum absolute atomic E-state index is 0.0248. The maximum absolute atomic E-state index is 11.8. The Hall–Kier alpha value is -0.400. The average Bonchev–Trinajstić information content (AvgIpc) is 3.03. The molecule has 2 bridgehead atoms. The van der Waals surface area contributed by atoms with Crippen molar-refractivity contribution in [1.82, 2.24) is 0 Å². The van der Waals surface area contributed by atoms with Gasteiger partial charge in [0.2, 0.25) is 0 Å². The Labute approximate surface area is 148 Å². The lowest BCUT2D eigenvalue weighted by molar-refractivity contribution is -0.128. The number of carbonyl (C=O) groups is 2. The van der Waals surface area contributed by atoms with Crippen molar-refractivity contribution in [1.29, 1.82) is 0 Å². The molecule has 1 aliphatic heterocycles. The summed E-state index contributed by atoms with van der Waals surface area (Å²) in [4.78, 5) is 22.5. The third-order valence-corrected chi connectivity index (χ3v) is 9.48. The molecule has 5 nitrogen and oxygen atoms in total. The molecule has 24 heavy (non-hydrogen) atoms. The van der Waals surface area contributed by atoms with Gasteiger partial charge in [-0.25, -0.2) is 8.42 Å². The van der Waals surface area contributed by atoms with E-state index in [0.717, 1.165) is 12.2 Å². The molecule has 0 aromatic carbocycles. The van der Waals surface area contributed by atoms with E-state index >= 15 is 0 Å². The van der Waals surface area contributed by atoms with Gasteiger partial charge in [0.05, 0.1) is 15.9 Å². The Kier molecular flexibility index (Phi) is 5.87. The summed E-state index contributed by atoms with van der Waals surface area (Å²) in [5, 5.41) is 0. The minimum atomic E-state index is -4.33. The van der Waals surface area contributed by atoms with Crippen LogP contribution in [0.1, 0.15) is 52.9 Å². The van der Waals surface area contributed by atoms with Gasteiger partial charge in [0, 0.05) is 11.8 Å². The van der Waals surface area contributed by atoms with Gasteiger partial charge in [-0.15, -0.1) is 0 Å². The number of carbonyl (C=O) groups excluding carboxylic acids is 2. The van der Waals surface area contributed by atoms with Crippen LogP contribution < -0.4 is 0 Å². The van der Waals surface area contributed by atoms with E-state index in [4.69, 9.17) is 0 Å². The van der Waals surface area contributed by atoms with Crippen molar-refractivity contribution in [2.75, 3.05) is 23.0 Å². The molecular weight excluding hydrogens is 348 g/mol. The molecule has 2 saturated carbocycles. The molecule has 1 heterocycles. The number of ketones is 2. The monoisotopic (exact) mass is 376 g/mol. The largest absolute Gasteiger partial charge is 0.748 e. The molecule has 0 aromatic rings. The van der Waals surface area contributed by atoms with Gasteiger partial charge in [-0.05, 0) is 54.8 Å². The standard InChI is InChI=1S/C10H16O4S.C7H13OS/c1-9(2)7-3-4-10(9,8(11)5-7)6-15(12,13)14;1-7(8)6-9-4-2-3-5-9/h7H,3-6H2,1-2H3,(H,12,13,14);2-6H2,1H3/q;+1/p-1. The molecule has 0 aromatic heterocycles. The molecule has 3 fully saturated rings. The van der Waals surface area contributed by atoms with Crippen LogP contribution in [0.4, 0.5) is 0 Å². The molecule has 2 unspecified atom stereocenters. The van der Waals surface area contributed by atoms with Crippen LogP contribution in [0.15, 0.2) is 0 Å². The summed E-state index contributed by atoms with van der Waals surface area (Å²) in [6.07, 6.45) is 4.59. The van der Waals surface area contributed by atoms with Crippen LogP contribution in [0.2, 0.25) is 0 Å². The fraction of sp³-hybridized carbons (Fsp3) is 0.882. The number of rotatable bonds is 4. The lowest BCUT2D eigenvalue weighted by atomic mass is 9.70. The normalized spacial score (nSPS) is 31.8. The molecule has 0 radical (unpaired) electrons. The van der Waals surface area contributed by atoms with Crippen molar-refractivity contribution in [2.24, 2.45) is 16.7 Å². The molecule has 138 valence electrons. The van der Waals surface area contributed by atoms with Crippen LogP contribution in [-0.2, 0) is 30.6 Å². The van der Waals surface area contributed by atoms with E-state index in [2.05, 4.69) is 0 Å². The first-order valence-corrected chi connectivity index (χ1v) is 11.9. The van der Waals surface area contributed by atoms with Gasteiger partial charge < -0.3 is 4.55 Å². The summed E-state index contributed by atoms with van der Waals surface area (Å²) in [5.41, 5.74) is -1.22. The summed E-state index contributed by atoms with van der Waals surface area (Å²) in [6, 6.07) is 0. The Morgan fingerprint density at radius 3 is 2.25 bits per heavy atom. The Morgan fingerprint density at radius 2 is 1.88 bits per heavy atom. The lowest BCUT2D eigenvalue weighted by Gasteiger charge is -2.37. The molecule has 0 spiro atoms. The lowest BCUT2D eigenvalue weighted by Crippen LogP contribution is -2.42. The van der Waals surface area contributed by atoms with Crippen LogP contribution >= 0.6 is 0 Å². The average molecular weight is 377 g/mol. The zero-order valence-corrected chi connectivity index (χ0v) is 16.4. The summed E-state index contributed by atoms with van der Waals surface area (Å²) < 4.78 is 32.7. The molecule has 2 aliphatic carbocycles. The number of Topliss-reactive ketones (excluding diaryl/α,β-unsaturated/α-hetero) is 2. The first kappa shape index (κ1) is 19.9. The third-order valence-electron chi connectivity index (χ3n) is 6.09. The van der Waals surface area contributed by atoms with E-state index in [1.807, 2.05) is 13.8 Å². The van der Waals surface area contributed by atoms with Gasteiger partial charge in [0.15, 0.2) is 11.5 Å². The fourth-order valence-electron chi connectivity index (χ4n) is 4.56. The van der Waals surface area contributed by atoms with Crippen LogP contribution in [0.5, 0.6) is 0 Å². The van der Waals surface area contributed by atoms with Crippen LogP contribution in [0.25, 0.3) is 0 Å². The van der Waals surface area contributed by atoms with Crippen molar-refractivity contribution >= 4 is 32.6 Å². The van der Waals surface area contributed by atoms with Gasteiger partial charge in [0.25, 0.3) is 0 Å². The fourth-order valence-corrected chi connectivity index (χ4v) is 8.13. The molecule has 0 N–H and O–H groups in total. The van der Waals surface area contributed by atoms with Gasteiger partial charge >= 0.3 is 0 Å². The van der Waals surface area contributed by atoms with E-state index in [0.29, 0.717) is 29.5 Å². The van der Waals surface area contributed by atoms with E-state index in [1.165, 1.54) is 24.3 Å². The molecule has 3 aliphatic rings. The molecule has 7 heteroatoms. The predicted molar refractivity (Wildman–Crippen MR) is 95.0 cm³/mol. The van der Waals surface area contributed by atoms with Gasteiger partial charge in [-0.1, -0.05) is 13.8 Å². The second-order valence-electron chi connectivity index (χ2n) is 7.94. The molecule has 3 rings (SSSR count). The predicted octanol–water partition coefficient (Wildman–Crippen LogP) is 1.91. The number of hydrogen-bond donors (Lipinski definition) is 0. The molecule has 0 amide bonds. The Bertz CT molecular complexity index is 604. The quantitative estimate of drug-likeness (QED) is 0.552. The highest BCUT2D eigenvalue weighted by molar-refractivity contribution is 7.97. The second kappa shape index (κ2) is 7.08. The SMILES string of the molecule is CC(=O)C[S+]1CCCC1.CC1(C)C2CCC1(CS(=O)(=O)[O-])C(=O)C2. The summed E-state index contributed by atoms with van der Waals surface area (Å²) in [5.74, 6) is 3.59. The van der Waals surface area contributed by atoms with E-state index in [-0.39, 0.29) is 17.1 Å². The van der Waals surface area contributed by atoms with Gasteiger partial charge in [0.1, 0.15) is 17.3 Å². The van der Waals surface area contributed by atoms with Crippen molar-refractivity contribution in [3.8, 4) is 0 Å². The van der Waals surface area contributed by atoms with Crippen molar-refractivity contribution in [3.63, 3.8) is 0 Å². The smallest absolute Gasteiger partial charge is 0.178 e. The van der Waals surface area contributed by atoms with Crippen LogP contribution in [0.3, 0.4) is 0 Å². The first-order valence-electron chi connectivity index (χ1n) is 8.58. The maximum Gasteiger partial charge on any atom is 0.178 e. The number of hydrogen-bond acceptors (Lipinski definition) is 5. The molecular formula is C17H28O5S2. The summed E-state index contributed by atoms with van der Waals surface area (Å²) >= 11 is 0. The van der Waals surface area contributed by atoms with Crippen molar-refractivity contribution in [3.05, 3.63) is 0 Å². The van der Waals surface area contributed by atoms with E-state index in [1.54, 1.807) is 6.92 Å². The Morgan fingerprint density at radius 1 is 1.29 bits per heavy atom. The van der Waals surface area contributed by atoms with Gasteiger partial charge in [-0.3, -0.25) is 9.59 Å². The van der Waals surface area contributed by atoms with Crippen LogP contribution in [-0.4, -0.2) is 47.5 Å². The second-order valence-corrected chi connectivity index (χ2v) is 11.7. The van der Waals surface area contributed by atoms with Gasteiger partial charge in [-0.2, -0.15) is 0 Å². The highest BCUT2D eigenvalue weighted by Gasteiger charge is 2.64. The highest BCUT2D eigenvalue weighted by atomic mass is 32.2.